The smallest absolute Gasteiger partial charge is 0.323 e. The largest absolute Gasteiger partial charge is 0.464 e. The van der Waals surface area contributed by atoms with Crippen molar-refractivity contribution in [1.29, 1.82) is 0 Å². The molecule has 0 spiro atoms. The number of nitrogens with one attached hydrogen (secondary N) is 1. The molecule has 1 aliphatic rings. The molecule has 0 amide bonds. The summed E-state index contributed by atoms with van der Waals surface area (Å²) in [6, 6.07) is 5.91. The van der Waals surface area contributed by atoms with Crippen LogP contribution in [0.5, 0.6) is 0 Å². The van der Waals surface area contributed by atoms with Gasteiger partial charge in [0.25, 0.3) is 0 Å². The van der Waals surface area contributed by atoms with Gasteiger partial charge in [0, 0.05) is 31.2 Å². The van der Waals surface area contributed by atoms with Gasteiger partial charge in [-0.3, -0.25) is 9.59 Å². The van der Waals surface area contributed by atoms with Crippen molar-refractivity contribution in [3.8, 4) is 0 Å². The van der Waals surface area contributed by atoms with Crippen LogP contribution in [-0.2, 0) is 32.2 Å². The van der Waals surface area contributed by atoms with Gasteiger partial charge in [0.05, 0.1) is 24.2 Å². The fourth-order valence-corrected chi connectivity index (χ4v) is 4.22. The third-order valence-electron chi connectivity index (χ3n) is 6.22. The summed E-state index contributed by atoms with van der Waals surface area (Å²) < 4.78 is 13.3. The number of rotatable bonds is 12. The molecule has 7 heteroatoms. The summed E-state index contributed by atoms with van der Waals surface area (Å²) in [5, 5.41) is 3.34. The number of hydrogen-bond donors (Lipinski definition) is 1. The number of aromatic nitrogens is 2. The predicted octanol–water partition coefficient (Wildman–Crippen LogP) is 4.69. The number of fused-ring (bicyclic) bond motifs is 1. The highest BCUT2D eigenvalue weighted by atomic mass is 16.5. The maximum absolute atomic E-state index is 12.4. The van der Waals surface area contributed by atoms with Crippen molar-refractivity contribution in [1.82, 2.24) is 14.9 Å². The SMILES string of the molecule is C/C=C(\C=C(\C)C=O)c1nc2cc(CNC(CC)C(=O)OCC(C)C)ccc2n1CC1CCOC1. The molecule has 0 bridgehead atoms. The summed E-state index contributed by atoms with van der Waals surface area (Å²) in [6.07, 6.45) is 6.43. The van der Waals surface area contributed by atoms with Crippen LogP contribution in [0.25, 0.3) is 16.6 Å². The van der Waals surface area contributed by atoms with Crippen LogP contribution in [0.15, 0.2) is 35.9 Å². The number of aldehydes is 1. The molecule has 3 rings (SSSR count). The lowest BCUT2D eigenvalue weighted by Crippen LogP contribution is -2.37. The Bertz CT molecular complexity index is 1080. The Morgan fingerprint density at radius 3 is 2.80 bits per heavy atom. The van der Waals surface area contributed by atoms with Gasteiger partial charge in [0.2, 0.25) is 0 Å². The van der Waals surface area contributed by atoms with Crippen LogP contribution in [0.3, 0.4) is 0 Å². The normalized spacial score (nSPS) is 17.8. The van der Waals surface area contributed by atoms with E-state index in [0.29, 0.717) is 37.0 Å². The van der Waals surface area contributed by atoms with E-state index in [1.165, 1.54) is 0 Å². The fraction of sp³-hybridized carbons (Fsp3) is 0.536. The highest BCUT2D eigenvalue weighted by Gasteiger charge is 2.22. The van der Waals surface area contributed by atoms with Gasteiger partial charge in [-0.15, -0.1) is 0 Å². The minimum atomic E-state index is -0.342. The van der Waals surface area contributed by atoms with Gasteiger partial charge in [-0.2, -0.15) is 0 Å². The van der Waals surface area contributed by atoms with Crippen molar-refractivity contribution >= 4 is 28.9 Å². The van der Waals surface area contributed by atoms with Gasteiger partial charge in [-0.05, 0) is 62.0 Å². The molecular weight excluding hydrogens is 442 g/mol. The first-order valence-electron chi connectivity index (χ1n) is 12.6. The molecule has 2 heterocycles. The van der Waals surface area contributed by atoms with Gasteiger partial charge < -0.3 is 19.4 Å². The standard InChI is InChI=1S/C28H39N3O4/c1-6-23(12-20(5)16-32)27-30-25-13-21(14-29-24(7-2)28(33)35-17-19(3)4)8-9-26(25)31(27)15-22-10-11-34-18-22/h6,8-9,12-13,16,19,22,24,29H,7,10-11,14-15,17-18H2,1-5H3/b20-12-,23-6+. The third kappa shape index (κ3) is 7.12. The van der Waals surface area contributed by atoms with E-state index >= 15 is 0 Å². The molecule has 35 heavy (non-hydrogen) atoms. The Morgan fingerprint density at radius 2 is 2.17 bits per heavy atom. The molecular formula is C28H39N3O4. The first-order chi connectivity index (χ1) is 16.9. The number of nitrogens with zero attached hydrogens (tertiary/aromatic N) is 2. The van der Waals surface area contributed by atoms with Gasteiger partial charge in [0.1, 0.15) is 18.2 Å². The van der Waals surface area contributed by atoms with Crippen LogP contribution < -0.4 is 5.32 Å². The van der Waals surface area contributed by atoms with E-state index < -0.39 is 0 Å². The van der Waals surface area contributed by atoms with Crippen molar-refractivity contribution in [2.45, 2.75) is 66.6 Å². The zero-order valence-electron chi connectivity index (χ0n) is 21.7. The number of carbonyl (C=O) groups excluding carboxylic acids is 2. The third-order valence-corrected chi connectivity index (χ3v) is 6.22. The molecule has 2 atom stereocenters. The summed E-state index contributed by atoms with van der Waals surface area (Å²) in [6.45, 7) is 13.1. The molecule has 2 aromatic rings. The highest BCUT2D eigenvalue weighted by molar-refractivity contribution is 5.86. The van der Waals surface area contributed by atoms with E-state index in [0.717, 1.165) is 60.5 Å². The van der Waals surface area contributed by atoms with Crippen LogP contribution in [0.1, 0.15) is 58.8 Å². The molecule has 1 N–H and O–H groups in total. The highest BCUT2D eigenvalue weighted by Crippen LogP contribution is 2.27. The summed E-state index contributed by atoms with van der Waals surface area (Å²) in [7, 11) is 0. The Labute approximate surface area is 208 Å². The topological polar surface area (TPSA) is 82.5 Å². The number of esters is 1. The van der Waals surface area contributed by atoms with Crippen molar-refractivity contribution in [3.05, 3.63) is 47.3 Å². The fourth-order valence-electron chi connectivity index (χ4n) is 4.22. The molecule has 0 aliphatic carbocycles. The van der Waals surface area contributed by atoms with Gasteiger partial charge in [0.15, 0.2) is 0 Å². The minimum absolute atomic E-state index is 0.206. The number of carbonyl (C=O) groups is 2. The Balaban J connectivity index is 1.87. The van der Waals surface area contributed by atoms with Crippen LogP contribution >= 0.6 is 0 Å². The molecule has 1 aromatic carbocycles. The van der Waals surface area contributed by atoms with E-state index in [1.807, 2.05) is 39.8 Å². The molecule has 7 nitrogen and oxygen atoms in total. The van der Waals surface area contributed by atoms with Crippen LogP contribution in [0.2, 0.25) is 0 Å². The second-order valence-electron chi connectivity index (χ2n) is 9.71. The Morgan fingerprint density at radius 1 is 1.37 bits per heavy atom. The van der Waals surface area contributed by atoms with E-state index in [1.54, 1.807) is 6.92 Å². The zero-order valence-corrected chi connectivity index (χ0v) is 21.7. The molecule has 0 radical (unpaired) electrons. The average Bonchev–Trinajstić information content (AvgIpc) is 3.49. The van der Waals surface area contributed by atoms with Crippen molar-refractivity contribution in [2.24, 2.45) is 11.8 Å². The summed E-state index contributed by atoms with van der Waals surface area (Å²) >= 11 is 0. The first kappa shape index (κ1) is 26.8. The van der Waals surface area contributed by atoms with Crippen LogP contribution in [0, 0.1) is 11.8 Å². The molecule has 190 valence electrons. The quantitative estimate of drug-likeness (QED) is 0.205. The Hall–Kier alpha value is -2.77. The van der Waals surface area contributed by atoms with Crippen molar-refractivity contribution in [2.75, 3.05) is 19.8 Å². The van der Waals surface area contributed by atoms with Gasteiger partial charge in [-0.1, -0.05) is 32.9 Å². The van der Waals surface area contributed by atoms with E-state index in [9.17, 15) is 9.59 Å². The number of allylic oxidation sites excluding steroid dienone is 4. The molecule has 0 saturated carbocycles. The number of ether oxygens (including phenoxy) is 2. The lowest BCUT2D eigenvalue weighted by atomic mass is 10.1. The molecule has 1 aliphatic heterocycles. The first-order valence-corrected chi connectivity index (χ1v) is 12.6. The van der Waals surface area contributed by atoms with E-state index in [2.05, 4.69) is 28.1 Å². The van der Waals surface area contributed by atoms with Crippen LogP contribution in [0.4, 0.5) is 0 Å². The van der Waals surface area contributed by atoms with Crippen molar-refractivity contribution in [3.63, 3.8) is 0 Å². The van der Waals surface area contributed by atoms with E-state index in [4.69, 9.17) is 14.5 Å². The molecule has 1 saturated heterocycles. The lowest BCUT2D eigenvalue weighted by molar-refractivity contribution is -0.147. The average molecular weight is 482 g/mol. The molecule has 1 fully saturated rings. The molecule has 2 unspecified atom stereocenters. The maximum atomic E-state index is 12.4. The second kappa shape index (κ2) is 12.8. The number of benzene rings is 1. The second-order valence-corrected chi connectivity index (χ2v) is 9.71. The van der Waals surface area contributed by atoms with Crippen molar-refractivity contribution < 1.29 is 19.1 Å². The van der Waals surface area contributed by atoms with E-state index in [-0.39, 0.29) is 12.0 Å². The lowest BCUT2D eigenvalue weighted by Gasteiger charge is -2.17. The maximum Gasteiger partial charge on any atom is 0.323 e. The molecule has 1 aromatic heterocycles. The summed E-state index contributed by atoms with van der Waals surface area (Å²) in [4.78, 5) is 28.6. The number of imidazole rings is 1. The van der Waals surface area contributed by atoms with Crippen LogP contribution in [-0.4, -0.2) is 47.7 Å². The zero-order chi connectivity index (χ0) is 25.4. The predicted molar refractivity (Wildman–Crippen MR) is 139 cm³/mol. The Kier molecular flexibility index (Phi) is 9.81. The minimum Gasteiger partial charge on any atom is -0.464 e. The number of hydrogen-bond acceptors (Lipinski definition) is 6. The summed E-state index contributed by atoms with van der Waals surface area (Å²) in [5.74, 6) is 1.39. The monoisotopic (exact) mass is 481 g/mol. The van der Waals surface area contributed by atoms with Gasteiger partial charge in [-0.25, -0.2) is 4.98 Å². The van der Waals surface area contributed by atoms with Gasteiger partial charge >= 0.3 is 5.97 Å². The summed E-state index contributed by atoms with van der Waals surface area (Å²) in [5.41, 5.74) is 4.57.